The summed E-state index contributed by atoms with van der Waals surface area (Å²) in [5.74, 6) is -0.515. The Bertz CT molecular complexity index is 921. The lowest BCUT2D eigenvalue weighted by atomic mass is 10.3. The minimum Gasteiger partial charge on any atom is -0.441 e. The molecule has 7 nitrogen and oxygen atoms in total. The Hall–Kier alpha value is -3.07. The van der Waals surface area contributed by atoms with E-state index in [1.807, 2.05) is 14.1 Å². The first-order chi connectivity index (χ1) is 12.8. The van der Waals surface area contributed by atoms with Crippen molar-refractivity contribution in [1.29, 1.82) is 0 Å². The third kappa shape index (κ3) is 4.37. The molecule has 0 saturated carbocycles. The Kier molecular flexibility index (Phi) is 5.31. The maximum absolute atomic E-state index is 12.9. The smallest absolute Gasteiger partial charge is 0.294 e. The number of benzene rings is 1. The summed E-state index contributed by atoms with van der Waals surface area (Å²) in [6.07, 6.45) is 1.47. The van der Waals surface area contributed by atoms with Crippen molar-refractivity contribution in [3.63, 3.8) is 0 Å². The summed E-state index contributed by atoms with van der Waals surface area (Å²) in [7, 11) is 3.63. The van der Waals surface area contributed by atoms with E-state index in [1.165, 1.54) is 30.3 Å². The number of anilines is 2. The molecule has 0 unspecified atom stereocenters. The molecule has 2 aromatic rings. The van der Waals surface area contributed by atoms with Gasteiger partial charge in [0, 0.05) is 31.9 Å². The van der Waals surface area contributed by atoms with Crippen LogP contribution >= 0.6 is 11.8 Å². The molecular weight excluding hydrogens is 373 g/mol. The highest BCUT2D eigenvalue weighted by Crippen LogP contribution is 2.32. The van der Waals surface area contributed by atoms with E-state index in [4.69, 9.17) is 4.42 Å². The van der Waals surface area contributed by atoms with Gasteiger partial charge in [-0.2, -0.15) is 0 Å². The molecular formula is C18H16FN3O4S. The number of halogens is 1. The van der Waals surface area contributed by atoms with Crippen LogP contribution in [0.1, 0.15) is 5.76 Å². The minimum absolute atomic E-state index is 0.175. The van der Waals surface area contributed by atoms with Gasteiger partial charge in [0.15, 0.2) is 5.88 Å². The largest absolute Gasteiger partial charge is 0.441 e. The molecule has 0 spiro atoms. The Balaban J connectivity index is 1.67. The van der Waals surface area contributed by atoms with Crippen LogP contribution in [0.2, 0.25) is 0 Å². The molecule has 1 aromatic heterocycles. The topological polar surface area (TPSA) is 82.9 Å². The van der Waals surface area contributed by atoms with E-state index in [9.17, 15) is 18.8 Å². The standard InChI is InChI=1S/C18H16FN3O4S/c1-21(2)16-8-7-13(26-16)9-14-17(24)22(18(25)27-14)10-15(23)20-12-5-3-11(19)4-6-12/h3-9H,10H2,1-2H3,(H,20,23)/b14-9-. The molecule has 1 aliphatic rings. The number of hydrogen-bond acceptors (Lipinski definition) is 6. The summed E-state index contributed by atoms with van der Waals surface area (Å²) >= 11 is 0.740. The number of hydrogen-bond donors (Lipinski definition) is 1. The highest BCUT2D eigenvalue weighted by Gasteiger charge is 2.36. The maximum atomic E-state index is 12.9. The average Bonchev–Trinajstić information content (AvgIpc) is 3.18. The van der Waals surface area contributed by atoms with Gasteiger partial charge in [0.25, 0.3) is 11.1 Å². The Morgan fingerprint density at radius 3 is 2.56 bits per heavy atom. The van der Waals surface area contributed by atoms with Crippen molar-refractivity contribution >= 4 is 46.5 Å². The second-order valence-electron chi connectivity index (χ2n) is 5.89. The molecule has 1 aliphatic heterocycles. The zero-order chi connectivity index (χ0) is 19.6. The van der Waals surface area contributed by atoms with Crippen LogP contribution in [-0.4, -0.2) is 42.6 Å². The van der Waals surface area contributed by atoms with Gasteiger partial charge in [0.1, 0.15) is 18.1 Å². The maximum Gasteiger partial charge on any atom is 0.294 e. The number of furan rings is 1. The average molecular weight is 389 g/mol. The number of nitrogens with zero attached hydrogens (tertiary/aromatic N) is 2. The number of imide groups is 1. The van der Waals surface area contributed by atoms with Gasteiger partial charge in [-0.3, -0.25) is 19.3 Å². The summed E-state index contributed by atoms with van der Waals surface area (Å²) in [5.41, 5.74) is 0.371. The van der Waals surface area contributed by atoms with Crippen LogP contribution < -0.4 is 10.2 Å². The van der Waals surface area contributed by atoms with Crippen molar-refractivity contribution in [2.24, 2.45) is 0 Å². The normalized spacial score (nSPS) is 15.5. The second kappa shape index (κ2) is 7.67. The summed E-state index contributed by atoms with van der Waals surface area (Å²) in [6.45, 7) is -0.430. The van der Waals surface area contributed by atoms with Gasteiger partial charge in [-0.05, 0) is 42.1 Å². The fourth-order valence-electron chi connectivity index (χ4n) is 2.30. The molecule has 0 radical (unpaired) electrons. The van der Waals surface area contributed by atoms with Crippen LogP contribution in [0, 0.1) is 5.82 Å². The highest BCUT2D eigenvalue weighted by molar-refractivity contribution is 8.18. The van der Waals surface area contributed by atoms with Crippen molar-refractivity contribution in [2.75, 3.05) is 30.9 Å². The number of carbonyl (C=O) groups is 3. The fourth-order valence-corrected chi connectivity index (χ4v) is 3.12. The molecule has 9 heteroatoms. The van der Waals surface area contributed by atoms with Gasteiger partial charge in [-0.15, -0.1) is 0 Å². The van der Waals surface area contributed by atoms with Crippen LogP contribution in [0.3, 0.4) is 0 Å². The van der Waals surface area contributed by atoms with Crippen LogP contribution in [0.5, 0.6) is 0 Å². The molecule has 1 N–H and O–H groups in total. The lowest BCUT2D eigenvalue weighted by Crippen LogP contribution is -2.36. The lowest BCUT2D eigenvalue weighted by Gasteiger charge is -2.12. The van der Waals surface area contributed by atoms with E-state index >= 15 is 0 Å². The molecule has 27 heavy (non-hydrogen) atoms. The number of amides is 3. The molecule has 0 bridgehead atoms. The van der Waals surface area contributed by atoms with Gasteiger partial charge < -0.3 is 14.6 Å². The number of rotatable bonds is 5. The molecule has 1 saturated heterocycles. The predicted octanol–water partition coefficient (Wildman–Crippen LogP) is 3.16. The predicted molar refractivity (Wildman–Crippen MR) is 101 cm³/mol. The van der Waals surface area contributed by atoms with Crippen molar-refractivity contribution < 1.29 is 23.2 Å². The van der Waals surface area contributed by atoms with Crippen molar-refractivity contribution in [3.8, 4) is 0 Å². The van der Waals surface area contributed by atoms with Crippen molar-refractivity contribution in [3.05, 3.63) is 52.9 Å². The minimum atomic E-state index is -0.568. The van der Waals surface area contributed by atoms with Crippen LogP contribution in [-0.2, 0) is 9.59 Å². The number of carbonyl (C=O) groups excluding carboxylic acids is 3. The second-order valence-corrected chi connectivity index (χ2v) is 6.89. The lowest BCUT2D eigenvalue weighted by molar-refractivity contribution is -0.127. The fraction of sp³-hybridized carbons (Fsp3) is 0.167. The first kappa shape index (κ1) is 18.7. The van der Waals surface area contributed by atoms with Gasteiger partial charge in [-0.1, -0.05) is 0 Å². The zero-order valence-electron chi connectivity index (χ0n) is 14.6. The highest BCUT2D eigenvalue weighted by atomic mass is 32.2. The van der Waals surface area contributed by atoms with E-state index in [-0.39, 0.29) is 4.91 Å². The summed E-state index contributed by atoms with van der Waals surface area (Å²) < 4.78 is 18.4. The van der Waals surface area contributed by atoms with Crippen LogP contribution in [0.15, 0.2) is 45.7 Å². The third-order valence-electron chi connectivity index (χ3n) is 3.63. The number of thioether (sulfide) groups is 1. The van der Waals surface area contributed by atoms with Crippen molar-refractivity contribution in [2.45, 2.75) is 0 Å². The van der Waals surface area contributed by atoms with Gasteiger partial charge in [0.2, 0.25) is 5.91 Å². The monoisotopic (exact) mass is 389 g/mol. The quantitative estimate of drug-likeness (QED) is 0.791. The third-order valence-corrected chi connectivity index (χ3v) is 4.54. The Labute approximate surface area is 158 Å². The molecule has 0 aliphatic carbocycles. The van der Waals surface area contributed by atoms with E-state index in [2.05, 4.69) is 5.32 Å². The Morgan fingerprint density at radius 1 is 1.22 bits per heavy atom. The summed E-state index contributed by atoms with van der Waals surface area (Å²) in [4.78, 5) is 39.4. The summed E-state index contributed by atoms with van der Waals surface area (Å²) in [6, 6.07) is 8.60. The number of nitrogens with one attached hydrogen (secondary N) is 1. The first-order valence-corrected chi connectivity index (χ1v) is 8.73. The molecule has 2 heterocycles. The molecule has 3 rings (SSSR count). The molecule has 0 atom stereocenters. The van der Waals surface area contributed by atoms with Crippen molar-refractivity contribution in [1.82, 2.24) is 4.90 Å². The van der Waals surface area contributed by atoms with E-state index in [0.717, 1.165) is 16.7 Å². The van der Waals surface area contributed by atoms with Gasteiger partial charge in [-0.25, -0.2) is 4.39 Å². The molecule has 1 aromatic carbocycles. The molecule has 1 fully saturated rings. The van der Waals surface area contributed by atoms with Gasteiger partial charge >= 0.3 is 0 Å². The van der Waals surface area contributed by atoms with E-state index in [1.54, 1.807) is 17.0 Å². The van der Waals surface area contributed by atoms with Crippen LogP contribution in [0.25, 0.3) is 6.08 Å². The Morgan fingerprint density at radius 2 is 1.93 bits per heavy atom. The molecule has 3 amide bonds. The van der Waals surface area contributed by atoms with E-state index < -0.39 is 29.4 Å². The van der Waals surface area contributed by atoms with Gasteiger partial charge in [0.05, 0.1) is 4.91 Å². The summed E-state index contributed by atoms with van der Waals surface area (Å²) in [5, 5.41) is 1.97. The SMILES string of the molecule is CN(C)c1ccc(/C=C2\SC(=O)N(CC(=O)Nc3ccc(F)cc3)C2=O)o1. The van der Waals surface area contributed by atoms with Crippen LogP contribution in [0.4, 0.5) is 20.8 Å². The zero-order valence-corrected chi connectivity index (χ0v) is 15.4. The van der Waals surface area contributed by atoms with E-state index in [0.29, 0.717) is 17.3 Å². The molecule has 140 valence electrons. The first-order valence-electron chi connectivity index (χ1n) is 7.91.